The van der Waals surface area contributed by atoms with Gasteiger partial charge in [-0.1, -0.05) is 106 Å². The van der Waals surface area contributed by atoms with Crippen LogP contribution in [-0.4, -0.2) is 3.21 Å². The van der Waals surface area contributed by atoms with E-state index in [1.165, 1.54) is 83.1 Å². The van der Waals surface area contributed by atoms with Crippen LogP contribution in [0.3, 0.4) is 0 Å². The van der Waals surface area contributed by atoms with Crippen LogP contribution in [0, 0.1) is 12.1 Å². The molecule has 50 heavy (non-hydrogen) atoms. The molecule has 2 aliphatic carbocycles. The number of halogens is 2. The second kappa shape index (κ2) is 17.5. The molecule has 0 aliphatic heterocycles. The fourth-order valence-electron chi connectivity index (χ4n) is 6.34. The van der Waals surface area contributed by atoms with Crippen LogP contribution >= 0.6 is 0 Å². The Kier molecular flexibility index (Phi) is 15.3. The first-order chi connectivity index (χ1) is 22.3. The summed E-state index contributed by atoms with van der Waals surface area (Å²) in [7, 11) is 0. The predicted molar refractivity (Wildman–Crippen MR) is 206 cm³/mol. The molecule has 4 aromatic carbocycles. The molecular weight excluding hydrogens is 727 g/mol. The van der Waals surface area contributed by atoms with Crippen LogP contribution in [0.5, 0.6) is 0 Å². The number of hydrogen-bond acceptors (Lipinski definition) is 0. The third-order valence-corrected chi connectivity index (χ3v) is 10.4. The zero-order chi connectivity index (χ0) is 35.5. The van der Waals surface area contributed by atoms with Crippen molar-refractivity contribution < 1.29 is 49.0 Å². The van der Waals surface area contributed by atoms with E-state index in [1.807, 2.05) is 12.2 Å². The van der Waals surface area contributed by atoms with Gasteiger partial charge < -0.3 is 24.8 Å². The second-order valence-corrected chi connectivity index (χ2v) is 18.5. The first kappa shape index (κ1) is 43.9. The van der Waals surface area contributed by atoms with Gasteiger partial charge in [0, 0.05) is 0 Å². The molecule has 0 unspecified atom stereocenters. The molecule has 3 heteroatoms. The van der Waals surface area contributed by atoms with E-state index in [2.05, 4.69) is 180 Å². The van der Waals surface area contributed by atoms with Crippen molar-refractivity contribution in [1.29, 1.82) is 0 Å². The fourth-order valence-corrected chi connectivity index (χ4v) is 7.16. The van der Waals surface area contributed by atoms with E-state index in [0.29, 0.717) is 0 Å². The summed E-state index contributed by atoms with van der Waals surface area (Å²) < 4.78 is 1.42. The van der Waals surface area contributed by atoms with Gasteiger partial charge in [0.1, 0.15) is 0 Å². The van der Waals surface area contributed by atoms with Crippen molar-refractivity contribution in [1.82, 2.24) is 0 Å². The summed E-state index contributed by atoms with van der Waals surface area (Å²) in [6.07, 6.45) is 11.0. The van der Waals surface area contributed by atoms with Gasteiger partial charge >= 0.3 is 99.2 Å². The van der Waals surface area contributed by atoms with E-state index in [9.17, 15) is 0 Å². The molecule has 0 aromatic heterocycles. The van der Waals surface area contributed by atoms with Crippen molar-refractivity contribution >= 4 is 3.21 Å². The van der Waals surface area contributed by atoms with Crippen LogP contribution in [0.4, 0.5) is 0 Å². The molecule has 2 aliphatic rings. The molecule has 264 valence electrons. The normalized spacial score (nSPS) is 13.1. The molecule has 0 saturated carbocycles. The van der Waals surface area contributed by atoms with Crippen LogP contribution in [0.15, 0.2) is 97.1 Å². The topological polar surface area (TPSA) is 0 Å². The van der Waals surface area contributed by atoms with E-state index < -0.39 is 0 Å². The second-order valence-electron chi connectivity index (χ2n) is 17.3. The number of benzene rings is 4. The van der Waals surface area contributed by atoms with Crippen molar-refractivity contribution in [3.63, 3.8) is 0 Å². The fraction of sp³-hybridized carbons (Fsp3) is 0.383. The first-order valence-corrected chi connectivity index (χ1v) is 18.7. The van der Waals surface area contributed by atoms with Gasteiger partial charge in [0.2, 0.25) is 0 Å². The van der Waals surface area contributed by atoms with Crippen LogP contribution in [-0.2, 0) is 52.3 Å². The SMILES string of the molecule is CC(C)(C)c1[c-]c2c(cc1C(C)(C)C)-c1cc(C(C)(C)C)c(C(C)(C)C)cc1C2.[C-]1=CC=CC1.[Cl-].[Cl-].[Zr+2]=[C](c1ccccc1)c1ccccc1. The maximum atomic E-state index is 3.90. The van der Waals surface area contributed by atoms with Gasteiger partial charge in [-0.3, -0.25) is 6.08 Å². The molecule has 0 atom stereocenters. The van der Waals surface area contributed by atoms with Gasteiger partial charge in [0.15, 0.2) is 0 Å². The molecule has 0 saturated heterocycles. The molecule has 0 nitrogen and oxygen atoms in total. The van der Waals surface area contributed by atoms with Gasteiger partial charge in [-0.15, -0.1) is 23.1 Å². The molecule has 0 radical (unpaired) electrons. The summed E-state index contributed by atoms with van der Waals surface area (Å²) in [5.74, 6) is 0. The molecule has 0 bridgehead atoms. The van der Waals surface area contributed by atoms with Crippen molar-refractivity contribution in [3.8, 4) is 11.1 Å². The Bertz CT molecular complexity index is 1650. The van der Waals surface area contributed by atoms with Crippen LogP contribution in [0.1, 0.15) is 134 Å². The third-order valence-electron chi connectivity index (χ3n) is 8.94. The molecule has 0 amide bonds. The van der Waals surface area contributed by atoms with Gasteiger partial charge in [-0.2, -0.15) is 23.8 Å². The van der Waals surface area contributed by atoms with Gasteiger partial charge in [-0.25, -0.2) is 12.2 Å². The Morgan fingerprint density at radius 2 is 1.04 bits per heavy atom. The Labute approximate surface area is 332 Å². The standard InChI is InChI=1S/C29H41.C13H10.C5H5.2ClH.Zr/c1-26(2,3)22-14-18-13-19-15-23(27(4,5)6)25(29(10,11)12)17-21(19)20(18)16-24(22)28(7,8)9;1-3-7-12(8-4-1)11-13-9-5-2-6-10-13;1-2-4-5-3-1;;;/h14,16-17H,13H2,1-12H3;1-10H;1-3H,4H2;2*1H;/q-1;;-1;;;+2/p-2. The van der Waals surface area contributed by atoms with Crippen LogP contribution in [0.25, 0.3) is 11.1 Å². The van der Waals surface area contributed by atoms with Crippen LogP contribution in [0.2, 0.25) is 0 Å². The summed E-state index contributed by atoms with van der Waals surface area (Å²) in [5.41, 5.74) is 14.6. The van der Waals surface area contributed by atoms with Crippen LogP contribution < -0.4 is 24.8 Å². The van der Waals surface area contributed by atoms with Gasteiger partial charge in [0.25, 0.3) is 0 Å². The summed E-state index contributed by atoms with van der Waals surface area (Å²) in [5, 5.41) is 0. The number of fused-ring (bicyclic) bond motifs is 3. The van der Waals surface area contributed by atoms with E-state index in [0.717, 1.165) is 12.8 Å². The molecule has 0 fully saturated rings. The van der Waals surface area contributed by atoms with Crippen molar-refractivity contribution in [2.45, 2.75) is 118 Å². The predicted octanol–water partition coefficient (Wildman–Crippen LogP) is 6.36. The molecular formula is C47H56Cl2Zr-2. The van der Waals surface area contributed by atoms with Crippen molar-refractivity contribution in [3.05, 3.63) is 154 Å². The molecule has 0 N–H and O–H groups in total. The summed E-state index contributed by atoms with van der Waals surface area (Å²) in [6, 6.07) is 32.5. The minimum absolute atomic E-state index is 0. The summed E-state index contributed by atoms with van der Waals surface area (Å²) in [6.45, 7) is 28.0. The molecule has 6 rings (SSSR count). The number of allylic oxidation sites excluding steroid dienone is 4. The number of hydrogen-bond donors (Lipinski definition) is 0. The average molecular weight is 783 g/mol. The van der Waals surface area contributed by atoms with Gasteiger partial charge in [0.05, 0.1) is 0 Å². The molecule has 4 aromatic rings. The van der Waals surface area contributed by atoms with E-state index in [-0.39, 0.29) is 46.5 Å². The third kappa shape index (κ3) is 11.1. The molecule has 0 spiro atoms. The maximum absolute atomic E-state index is 3.90. The van der Waals surface area contributed by atoms with Crippen molar-refractivity contribution in [2.75, 3.05) is 0 Å². The average Bonchev–Trinajstić information content (AvgIpc) is 3.71. The first-order valence-electron chi connectivity index (χ1n) is 17.5. The zero-order valence-corrected chi connectivity index (χ0v) is 36.4. The number of rotatable bonds is 2. The van der Waals surface area contributed by atoms with Crippen molar-refractivity contribution in [2.24, 2.45) is 0 Å². The Balaban J connectivity index is 0.000000341. The molecule has 0 heterocycles. The quantitative estimate of drug-likeness (QED) is 0.183. The monoisotopic (exact) mass is 780 g/mol. The summed E-state index contributed by atoms with van der Waals surface area (Å²) in [4.78, 5) is 0. The summed E-state index contributed by atoms with van der Waals surface area (Å²) >= 11 is 1.46. The Hall–Kier alpha value is -2.31. The van der Waals surface area contributed by atoms with Gasteiger partial charge in [-0.05, 0) is 39.4 Å². The Morgan fingerprint density at radius 1 is 0.580 bits per heavy atom. The Morgan fingerprint density at radius 3 is 1.42 bits per heavy atom. The zero-order valence-electron chi connectivity index (χ0n) is 32.4. The van der Waals surface area contributed by atoms with E-state index in [4.69, 9.17) is 0 Å². The van der Waals surface area contributed by atoms with E-state index >= 15 is 0 Å². The minimum atomic E-state index is 0. The van der Waals surface area contributed by atoms with E-state index in [1.54, 1.807) is 0 Å².